The minimum Gasteiger partial charge on any atom is -0.298 e. The molecule has 0 bridgehead atoms. The van der Waals surface area contributed by atoms with Crippen LogP contribution < -0.4 is 0 Å². The van der Waals surface area contributed by atoms with E-state index in [2.05, 4.69) is 25.9 Å². The van der Waals surface area contributed by atoms with E-state index in [1.165, 1.54) is 18.1 Å². The van der Waals surface area contributed by atoms with Crippen LogP contribution in [0.15, 0.2) is 51.2 Å². The number of rotatable bonds is 3. The Balaban J connectivity index is 2.25. The van der Waals surface area contributed by atoms with E-state index in [1.807, 2.05) is 12.1 Å². The second-order valence-corrected chi connectivity index (χ2v) is 4.87. The second-order valence-electron chi connectivity index (χ2n) is 2.96. The monoisotopic (exact) mass is 294 g/mol. The first-order chi connectivity index (χ1) is 7.79. The fourth-order valence-corrected chi connectivity index (χ4v) is 2.51. The van der Waals surface area contributed by atoms with Gasteiger partial charge in [-0.15, -0.1) is 0 Å². The van der Waals surface area contributed by atoms with Crippen LogP contribution in [0.4, 0.5) is 0 Å². The number of aldehydes is 1. The van der Waals surface area contributed by atoms with Crippen molar-refractivity contribution in [3.05, 3.63) is 46.8 Å². The largest absolute Gasteiger partial charge is 0.298 e. The van der Waals surface area contributed by atoms with Crippen molar-refractivity contribution in [1.82, 2.24) is 9.97 Å². The molecule has 2 aromatic rings. The van der Waals surface area contributed by atoms with Gasteiger partial charge in [-0.1, -0.05) is 17.8 Å². The summed E-state index contributed by atoms with van der Waals surface area (Å²) in [6.45, 7) is 0. The van der Waals surface area contributed by atoms with Gasteiger partial charge in [-0.3, -0.25) is 4.79 Å². The number of hydrogen-bond donors (Lipinski definition) is 0. The SMILES string of the molecule is O=Cc1ccc(Sc2ccncn2)c(Br)c1. The summed E-state index contributed by atoms with van der Waals surface area (Å²) < 4.78 is 0.890. The van der Waals surface area contributed by atoms with Gasteiger partial charge in [-0.25, -0.2) is 9.97 Å². The molecular formula is C11H7BrN2OS. The normalized spacial score (nSPS) is 10.1. The van der Waals surface area contributed by atoms with Crippen molar-refractivity contribution in [2.24, 2.45) is 0 Å². The lowest BCUT2D eigenvalue weighted by molar-refractivity contribution is 0.112. The van der Waals surface area contributed by atoms with E-state index in [-0.39, 0.29) is 0 Å². The van der Waals surface area contributed by atoms with Crippen molar-refractivity contribution >= 4 is 34.0 Å². The van der Waals surface area contributed by atoms with Gasteiger partial charge in [0.25, 0.3) is 0 Å². The Morgan fingerprint density at radius 2 is 2.19 bits per heavy atom. The van der Waals surface area contributed by atoms with Crippen molar-refractivity contribution in [2.45, 2.75) is 9.92 Å². The average molecular weight is 295 g/mol. The molecule has 0 spiro atoms. The van der Waals surface area contributed by atoms with Gasteiger partial charge in [0.15, 0.2) is 0 Å². The van der Waals surface area contributed by atoms with Crippen LogP contribution in [0.2, 0.25) is 0 Å². The predicted octanol–water partition coefficient (Wildman–Crippen LogP) is 3.20. The van der Waals surface area contributed by atoms with Crippen molar-refractivity contribution in [2.75, 3.05) is 0 Å². The van der Waals surface area contributed by atoms with Crippen LogP contribution in [0.5, 0.6) is 0 Å². The highest BCUT2D eigenvalue weighted by Crippen LogP contribution is 2.32. The summed E-state index contributed by atoms with van der Waals surface area (Å²) in [6, 6.07) is 7.29. The van der Waals surface area contributed by atoms with Crippen molar-refractivity contribution in [3.63, 3.8) is 0 Å². The van der Waals surface area contributed by atoms with Gasteiger partial charge in [0.05, 0.1) is 0 Å². The van der Waals surface area contributed by atoms with E-state index >= 15 is 0 Å². The van der Waals surface area contributed by atoms with E-state index in [0.717, 1.165) is 20.7 Å². The summed E-state index contributed by atoms with van der Waals surface area (Å²) in [6.07, 6.45) is 4.03. The first-order valence-corrected chi connectivity index (χ1v) is 6.09. The topological polar surface area (TPSA) is 42.9 Å². The Morgan fingerprint density at radius 3 is 2.81 bits per heavy atom. The van der Waals surface area contributed by atoms with Gasteiger partial charge >= 0.3 is 0 Å². The average Bonchev–Trinajstić information content (AvgIpc) is 2.33. The molecule has 1 aromatic carbocycles. The summed E-state index contributed by atoms with van der Waals surface area (Å²) in [4.78, 5) is 19.6. The lowest BCUT2D eigenvalue weighted by Gasteiger charge is -2.03. The van der Waals surface area contributed by atoms with Gasteiger partial charge in [-0.2, -0.15) is 0 Å². The molecule has 2 rings (SSSR count). The van der Waals surface area contributed by atoms with E-state index < -0.39 is 0 Å². The fraction of sp³-hybridized carbons (Fsp3) is 0. The molecule has 0 amide bonds. The Bertz CT molecular complexity index is 505. The van der Waals surface area contributed by atoms with Crippen molar-refractivity contribution in [3.8, 4) is 0 Å². The van der Waals surface area contributed by atoms with Crippen molar-refractivity contribution in [1.29, 1.82) is 0 Å². The third kappa shape index (κ3) is 2.68. The number of hydrogen-bond acceptors (Lipinski definition) is 4. The molecule has 0 N–H and O–H groups in total. The third-order valence-electron chi connectivity index (χ3n) is 1.86. The second kappa shape index (κ2) is 5.23. The summed E-state index contributed by atoms with van der Waals surface area (Å²) >= 11 is 4.94. The molecule has 0 aliphatic heterocycles. The van der Waals surface area contributed by atoms with Gasteiger partial charge < -0.3 is 0 Å². The minimum absolute atomic E-state index is 0.652. The molecule has 1 heterocycles. The van der Waals surface area contributed by atoms with Gasteiger partial charge in [0.1, 0.15) is 17.6 Å². The standard InChI is InChI=1S/C11H7BrN2OS/c12-9-5-8(6-15)1-2-10(9)16-11-3-4-13-7-14-11/h1-7H. The van der Waals surface area contributed by atoms with E-state index in [1.54, 1.807) is 18.3 Å². The maximum absolute atomic E-state index is 10.6. The lowest BCUT2D eigenvalue weighted by Crippen LogP contribution is -1.84. The summed E-state index contributed by atoms with van der Waals surface area (Å²) in [7, 11) is 0. The highest BCUT2D eigenvalue weighted by atomic mass is 79.9. The number of carbonyl (C=O) groups is 1. The quantitative estimate of drug-likeness (QED) is 0.644. The molecule has 0 saturated heterocycles. The number of nitrogens with zero attached hydrogens (tertiary/aromatic N) is 2. The summed E-state index contributed by atoms with van der Waals surface area (Å²) in [5, 5.41) is 0.870. The van der Waals surface area contributed by atoms with Crippen LogP contribution in [0, 0.1) is 0 Å². The maximum atomic E-state index is 10.6. The zero-order chi connectivity index (χ0) is 11.4. The highest BCUT2D eigenvalue weighted by Gasteiger charge is 2.04. The van der Waals surface area contributed by atoms with Gasteiger partial charge in [0.2, 0.25) is 0 Å². The molecule has 0 radical (unpaired) electrons. The minimum atomic E-state index is 0.652. The Morgan fingerprint density at radius 1 is 1.31 bits per heavy atom. The zero-order valence-corrected chi connectivity index (χ0v) is 10.5. The van der Waals surface area contributed by atoms with Crippen molar-refractivity contribution < 1.29 is 4.79 Å². The number of aromatic nitrogens is 2. The van der Waals surface area contributed by atoms with E-state index in [0.29, 0.717) is 5.56 Å². The van der Waals surface area contributed by atoms with Gasteiger partial charge in [0, 0.05) is 21.1 Å². The number of benzene rings is 1. The molecular weight excluding hydrogens is 288 g/mol. The van der Waals surface area contributed by atoms with Crippen LogP contribution >= 0.6 is 27.7 Å². The van der Waals surface area contributed by atoms with E-state index in [9.17, 15) is 4.79 Å². The molecule has 1 aromatic heterocycles. The maximum Gasteiger partial charge on any atom is 0.150 e. The number of halogens is 1. The molecule has 3 nitrogen and oxygen atoms in total. The van der Waals surface area contributed by atoms with Crippen LogP contribution in [0.25, 0.3) is 0 Å². The number of carbonyl (C=O) groups excluding carboxylic acids is 1. The molecule has 0 aliphatic carbocycles. The van der Waals surface area contributed by atoms with E-state index in [4.69, 9.17) is 0 Å². The molecule has 0 unspecified atom stereocenters. The molecule has 16 heavy (non-hydrogen) atoms. The smallest absolute Gasteiger partial charge is 0.150 e. The van der Waals surface area contributed by atoms with Crippen LogP contribution in [-0.2, 0) is 0 Å². The first kappa shape index (κ1) is 11.3. The van der Waals surface area contributed by atoms with Crippen LogP contribution in [-0.4, -0.2) is 16.3 Å². The Kier molecular flexibility index (Phi) is 3.69. The van der Waals surface area contributed by atoms with Gasteiger partial charge in [-0.05, 0) is 34.1 Å². The summed E-state index contributed by atoms with van der Waals surface area (Å²) in [5.74, 6) is 0. The highest BCUT2D eigenvalue weighted by molar-refractivity contribution is 9.10. The molecule has 80 valence electrons. The molecule has 5 heteroatoms. The molecule has 0 fully saturated rings. The first-order valence-electron chi connectivity index (χ1n) is 4.48. The Hall–Kier alpha value is -1.20. The molecule has 0 atom stereocenters. The van der Waals surface area contributed by atoms with Crippen LogP contribution in [0.1, 0.15) is 10.4 Å². The zero-order valence-electron chi connectivity index (χ0n) is 8.13. The predicted molar refractivity (Wildman–Crippen MR) is 65.7 cm³/mol. The molecule has 0 aliphatic rings. The lowest BCUT2D eigenvalue weighted by atomic mass is 10.2. The summed E-state index contributed by atoms with van der Waals surface area (Å²) in [5.41, 5.74) is 0.652. The fourth-order valence-electron chi connectivity index (χ4n) is 1.12. The Labute approximate surface area is 105 Å². The molecule has 0 saturated carbocycles. The third-order valence-corrected chi connectivity index (χ3v) is 3.81. The van der Waals surface area contributed by atoms with Crippen LogP contribution in [0.3, 0.4) is 0 Å².